The summed E-state index contributed by atoms with van der Waals surface area (Å²) in [5.41, 5.74) is 3.04. The van der Waals surface area contributed by atoms with Gasteiger partial charge in [-0.1, -0.05) is 163 Å². The zero-order valence-corrected chi connectivity index (χ0v) is 32.3. The van der Waals surface area contributed by atoms with Gasteiger partial charge in [0.15, 0.2) is 11.5 Å². The number of hydrogen-bond donors (Lipinski definition) is 3. The van der Waals surface area contributed by atoms with Gasteiger partial charge in [-0.25, -0.2) is 0 Å². The van der Waals surface area contributed by atoms with Crippen molar-refractivity contribution in [3.8, 4) is 17.2 Å². The Morgan fingerprint density at radius 2 is 1.10 bits per heavy atom. The van der Waals surface area contributed by atoms with Crippen molar-refractivity contribution in [2.45, 2.75) is 179 Å². The Hall–Kier alpha value is -2.34. The molecule has 0 aromatic heterocycles. The maximum absolute atomic E-state index is 13.5. The molecule has 0 heterocycles. The molecular weight excluding hydrogens is 617 g/mol. The topological polar surface area (TPSA) is 87.0 Å². The Kier molecular flexibility index (Phi) is 18.9. The second-order valence-electron chi connectivity index (χ2n) is 15.8. The van der Waals surface area contributed by atoms with Crippen LogP contribution in [0.25, 0.3) is 0 Å². The lowest BCUT2D eigenvalue weighted by molar-refractivity contribution is -0.143. The summed E-state index contributed by atoms with van der Waals surface area (Å²) in [6.07, 6.45) is 21.3. The van der Waals surface area contributed by atoms with Gasteiger partial charge in [0.05, 0.1) is 6.61 Å². The molecule has 3 N–H and O–H groups in total. The molecule has 0 aliphatic heterocycles. The smallest absolute Gasteiger partial charge is 0.319 e. The van der Waals surface area contributed by atoms with E-state index in [4.69, 9.17) is 4.74 Å². The van der Waals surface area contributed by atoms with E-state index in [2.05, 4.69) is 48.5 Å². The number of phenols is 3. The van der Waals surface area contributed by atoms with Crippen molar-refractivity contribution >= 4 is 17.7 Å². The highest BCUT2D eigenvalue weighted by Crippen LogP contribution is 2.40. The average molecular weight is 685 g/mol. The summed E-state index contributed by atoms with van der Waals surface area (Å²) in [6, 6.07) is 8.84. The fourth-order valence-corrected chi connectivity index (χ4v) is 7.24. The van der Waals surface area contributed by atoms with Crippen LogP contribution >= 0.6 is 11.8 Å². The number of hydrogen-bond acceptors (Lipinski definition) is 6. The minimum absolute atomic E-state index is 0.160. The number of carbonyl (C=O) groups excluding carboxylic acids is 1. The lowest BCUT2D eigenvalue weighted by Crippen LogP contribution is -2.25. The normalized spacial score (nSPS) is 12.7. The van der Waals surface area contributed by atoms with Crippen LogP contribution < -0.4 is 0 Å². The Morgan fingerprint density at radius 3 is 1.54 bits per heavy atom. The van der Waals surface area contributed by atoms with Gasteiger partial charge in [0.25, 0.3) is 0 Å². The van der Waals surface area contributed by atoms with Crippen LogP contribution in [-0.2, 0) is 32.5 Å². The van der Waals surface area contributed by atoms with Gasteiger partial charge in [-0.15, -0.1) is 11.8 Å². The van der Waals surface area contributed by atoms with E-state index in [1.54, 1.807) is 6.07 Å². The van der Waals surface area contributed by atoms with Gasteiger partial charge in [0.2, 0.25) is 0 Å². The van der Waals surface area contributed by atoms with Gasteiger partial charge >= 0.3 is 5.97 Å². The first-order valence-corrected chi connectivity index (χ1v) is 19.9. The highest BCUT2D eigenvalue weighted by Gasteiger charge is 2.29. The van der Waals surface area contributed by atoms with Crippen molar-refractivity contribution in [2.75, 3.05) is 6.61 Å². The molecule has 0 saturated heterocycles. The average Bonchev–Trinajstić information content (AvgIpc) is 3.01. The van der Waals surface area contributed by atoms with Crippen LogP contribution in [0.2, 0.25) is 0 Å². The number of unbranched alkanes of at least 4 members (excludes halogenated alkanes) is 15. The lowest BCUT2D eigenvalue weighted by atomic mass is 9.78. The van der Waals surface area contributed by atoms with Crippen LogP contribution in [0.15, 0.2) is 30.3 Å². The van der Waals surface area contributed by atoms with E-state index in [0.29, 0.717) is 24.5 Å². The van der Waals surface area contributed by atoms with Gasteiger partial charge in [0.1, 0.15) is 11.0 Å². The summed E-state index contributed by atoms with van der Waals surface area (Å²) in [4.78, 5) is 13.5. The number of aromatic hydroxyl groups is 3. The number of phenolic OH excluding ortho intramolecular Hbond substituents is 3. The molecule has 0 radical (unpaired) electrons. The first-order chi connectivity index (χ1) is 22.7. The van der Waals surface area contributed by atoms with Crippen molar-refractivity contribution < 1.29 is 24.9 Å². The van der Waals surface area contributed by atoms with E-state index in [1.165, 1.54) is 114 Å². The number of ether oxygens (including phenoxy) is 1. The number of rotatable bonds is 23. The van der Waals surface area contributed by atoms with Crippen LogP contribution in [0.5, 0.6) is 17.2 Å². The third-order valence-corrected chi connectivity index (χ3v) is 10.5. The summed E-state index contributed by atoms with van der Waals surface area (Å²) >= 11 is 1.48. The van der Waals surface area contributed by atoms with Crippen LogP contribution in [0.1, 0.15) is 173 Å². The third kappa shape index (κ3) is 15.9. The van der Waals surface area contributed by atoms with Crippen LogP contribution in [0, 0.1) is 0 Å². The van der Waals surface area contributed by atoms with Crippen LogP contribution in [0.4, 0.5) is 0 Å². The van der Waals surface area contributed by atoms with E-state index in [-0.39, 0.29) is 28.3 Å². The first-order valence-electron chi connectivity index (χ1n) is 18.9. The molecule has 6 heteroatoms. The molecule has 2 aromatic carbocycles. The molecule has 48 heavy (non-hydrogen) atoms. The van der Waals surface area contributed by atoms with E-state index in [9.17, 15) is 20.1 Å². The van der Waals surface area contributed by atoms with Crippen molar-refractivity contribution in [3.05, 3.63) is 52.6 Å². The summed E-state index contributed by atoms with van der Waals surface area (Å²) in [5, 5.41) is 30.5. The zero-order chi connectivity index (χ0) is 35.6. The number of thioether (sulfide) groups is 1. The molecule has 0 fully saturated rings. The predicted octanol–water partition coefficient (Wildman–Crippen LogP) is 12.0. The fourth-order valence-electron chi connectivity index (χ4n) is 6.15. The monoisotopic (exact) mass is 684 g/mol. The zero-order valence-electron chi connectivity index (χ0n) is 31.5. The molecule has 2 aromatic rings. The highest BCUT2D eigenvalue weighted by molar-refractivity contribution is 7.99. The van der Waals surface area contributed by atoms with Gasteiger partial charge < -0.3 is 20.1 Å². The minimum atomic E-state index is -0.452. The summed E-state index contributed by atoms with van der Waals surface area (Å²) in [6.45, 7) is 15.2. The molecule has 0 amide bonds. The van der Waals surface area contributed by atoms with Crippen LogP contribution in [-0.4, -0.2) is 33.1 Å². The molecule has 0 bridgehead atoms. The second-order valence-corrected chi connectivity index (χ2v) is 17.0. The molecule has 0 spiro atoms. The maximum atomic E-state index is 13.5. The number of benzene rings is 2. The fraction of sp³-hybridized carbons (Fsp3) is 0.690. The predicted molar refractivity (Wildman–Crippen MR) is 205 cm³/mol. The van der Waals surface area contributed by atoms with Gasteiger partial charge in [-0.3, -0.25) is 4.79 Å². The van der Waals surface area contributed by atoms with Gasteiger partial charge in [-0.05, 0) is 58.1 Å². The molecule has 5 nitrogen and oxygen atoms in total. The molecule has 1 unspecified atom stereocenters. The van der Waals surface area contributed by atoms with Crippen molar-refractivity contribution in [2.24, 2.45) is 0 Å². The van der Waals surface area contributed by atoms with Crippen LogP contribution in [0.3, 0.4) is 0 Å². The first kappa shape index (κ1) is 41.8. The molecule has 0 saturated carbocycles. The highest BCUT2D eigenvalue weighted by atomic mass is 32.2. The SMILES string of the molecule is CCCCCCCCCCCCCCCCCCOC(=O)C(Cc1cc(C(C)(C)C)c(O)c(C(C)(C)C)c1)SCc1ccc(O)c(O)c1. The maximum Gasteiger partial charge on any atom is 0.319 e. The Morgan fingerprint density at radius 1 is 0.646 bits per heavy atom. The second kappa shape index (κ2) is 21.7. The number of esters is 1. The summed E-state index contributed by atoms with van der Waals surface area (Å²) in [7, 11) is 0. The van der Waals surface area contributed by atoms with Crippen molar-refractivity contribution in [1.82, 2.24) is 0 Å². The lowest BCUT2D eigenvalue weighted by Gasteiger charge is -2.29. The Bertz CT molecular complexity index is 1170. The largest absolute Gasteiger partial charge is 0.507 e. The van der Waals surface area contributed by atoms with Gasteiger partial charge in [-0.2, -0.15) is 0 Å². The Balaban J connectivity index is 1.86. The molecule has 272 valence electrons. The van der Waals surface area contributed by atoms with E-state index in [0.717, 1.165) is 35.1 Å². The number of carbonyl (C=O) groups is 1. The van der Waals surface area contributed by atoms with Gasteiger partial charge in [0, 0.05) is 5.75 Å². The molecular formula is C42H68O5S. The molecule has 0 aliphatic rings. The molecule has 2 rings (SSSR count). The standard InChI is InChI=1S/C42H68O5S/c1-8-9-10-11-12-13-14-15-16-17-18-19-20-21-22-23-26-47-40(46)38(48-31-32-24-25-36(43)37(44)29-32)30-33-27-34(41(2,3)4)39(45)35(28-33)42(5,6)7/h24-25,27-29,38,43-45H,8-23,26,30-31H2,1-7H3. The van der Waals surface area contributed by atoms with E-state index < -0.39 is 5.25 Å². The molecule has 0 aliphatic carbocycles. The quantitative estimate of drug-likeness (QED) is 0.0613. The summed E-state index contributed by atoms with van der Waals surface area (Å²) in [5.74, 6) is 0.259. The van der Waals surface area contributed by atoms with E-state index >= 15 is 0 Å². The summed E-state index contributed by atoms with van der Waals surface area (Å²) < 4.78 is 5.85. The third-order valence-electron chi connectivity index (χ3n) is 9.20. The molecule has 1 atom stereocenters. The minimum Gasteiger partial charge on any atom is -0.507 e. The van der Waals surface area contributed by atoms with E-state index in [1.807, 2.05) is 12.1 Å². The Labute approximate surface area is 297 Å². The van der Waals surface area contributed by atoms with Crippen molar-refractivity contribution in [1.29, 1.82) is 0 Å². The van der Waals surface area contributed by atoms with Crippen molar-refractivity contribution in [3.63, 3.8) is 0 Å².